The maximum atomic E-state index is 11.9. The summed E-state index contributed by atoms with van der Waals surface area (Å²) in [4.78, 5) is 25.6. The molecule has 0 spiro atoms. The molecule has 0 amide bonds. The number of nitrogens with zero attached hydrogens (tertiary/aromatic N) is 2. The molecule has 0 atom stereocenters. The number of ether oxygens (including phenoxy) is 1. The predicted molar refractivity (Wildman–Crippen MR) is 72.2 cm³/mol. The number of carbonyl (C=O) groups excluding carboxylic acids is 1. The number of hydrogen-bond acceptors (Lipinski definition) is 5. The lowest BCUT2D eigenvalue weighted by Gasteiger charge is -2.06. The molecular weight excluding hydrogens is 284 g/mol. The van der Waals surface area contributed by atoms with E-state index in [2.05, 4.69) is 4.98 Å². The largest absolute Gasteiger partial charge is 0.477 e. The summed E-state index contributed by atoms with van der Waals surface area (Å²) in [5, 5.41) is 11.1. The van der Waals surface area contributed by atoms with Crippen LogP contribution in [0.4, 0.5) is 5.82 Å². The Balaban J connectivity index is 2.12. The second-order valence-corrected chi connectivity index (χ2v) is 4.18. The Morgan fingerprint density at radius 2 is 2.05 bits per heavy atom. The van der Waals surface area contributed by atoms with Crippen molar-refractivity contribution >= 4 is 23.2 Å². The van der Waals surface area contributed by atoms with Gasteiger partial charge in [0.1, 0.15) is 6.20 Å². The molecular formula is C13H9ClN2O4. The first-order valence-corrected chi connectivity index (χ1v) is 5.97. The van der Waals surface area contributed by atoms with Gasteiger partial charge in [-0.2, -0.15) is 0 Å². The number of pyridine rings is 1. The second kappa shape index (κ2) is 6.12. The topological polar surface area (TPSA) is 82.3 Å². The van der Waals surface area contributed by atoms with Gasteiger partial charge in [-0.15, -0.1) is 0 Å². The molecule has 2 rings (SSSR count). The minimum atomic E-state index is -0.671. The van der Waals surface area contributed by atoms with Gasteiger partial charge in [0.25, 0.3) is 0 Å². The van der Waals surface area contributed by atoms with E-state index in [9.17, 15) is 14.9 Å². The van der Waals surface area contributed by atoms with Gasteiger partial charge in [-0.05, 0) is 34.2 Å². The summed E-state index contributed by atoms with van der Waals surface area (Å²) in [5.74, 6) is -0.855. The first-order chi connectivity index (χ1) is 9.59. The van der Waals surface area contributed by atoms with Crippen molar-refractivity contribution in [1.29, 1.82) is 0 Å². The Hall–Kier alpha value is -2.47. The second-order valence-electron chi connectivity index (χ2n) is 3.77. The summed E-state index contributed by atoms with van der Waals surface area (Å²) in [6, 6.07) is 9.39. The van der Waals surface area contributed by atoms with Crippen LogP contribution in [0, 0.1) is 10.1 Å². The normalized spacial score (nSPS) is 10.1. The first kappa shape index (κ1) is 14.0. The van der Waals surface area contributed by atoms with Crippen molar-refractivity contribution < 1.29 is 14.5 Å². The molecule has 1 aromatic carbocycles. The Morgan fingerprint density at radius 1 is 1.30 bits per heavy atom. The van der Waals surface area contributed by atoms with Crippen molar-refractivity contribution in [3.05, 3.63) is 63.3 Å². The molecule has 0 N–H and O–H groups in total. The number of hydrogen-bond donors (Lipinski definition) is 0. The Morgan fingerprint density at radius 3 is 2.75 bits per heavy atom. The van der Waals surface area contributed by atoms with E-state index >= 15 is 0 Å². The fourth-order valence-corrected chi connectivity index (χ4v) is 1.78. The van der Waals surface area contributed by atoms with Crippen LogP contribution in [0.25, 0.3) is 0 Å². The van der Waals surface area contributed by atoms with Crippen LogP contribution in [0.3, 0.4) is 0 Å². The molecule has 0 aliphatic rings. The predicted octanol–water partition coefficient (Wildman–Crippen LogP) is 2.90. The highest BCUT2D eigenvalue weighted by molar-refractivity contribution is 6.34. The molecule has 1 heterocycles. The van der Waals surface area contributed by atoms with Gasteiger partial charge in [0.15, 0.2) is 6.61 Å². The third-order valence-corrected chi connectivity index (χ3v) is 2.79. The van der Waals surface area contributed by atoms with Crippen LogP contribution in [0.1, 0.15) is 10.4 Å². The molecule has 0 unspecified atom stereocenters. The molecule has 1 aromatic heterocycles. The van der Waals surface area contributed by atoms with Crippen molar-refractivity contribution in [3.8, 4) is 5.75 Å². The van der Waals surface area contributed by atoms with Gasteiger partial charge < -0.3 is 14.9 Å². The van der Waals surface area contributed by atoms with Crippen LogP contribution in [-0.2, 0) is 0 Å². The lowest BCUT2D eigenvalue weighted by Crippen LogP contribution is -2.13. The van der Waals surface area contributed by atoms with Crippen LogP contribution in [0.5, 0.6) is 5.75 Å². The molecule has 6 nitrogen and oxygen atoms in total. The monoisotopic (exact) mass is 292 g/mol. The van der Waals surface area contributed by atoms with Gasteiger partial charge >= 0.3 is 5.82 Å². The maximum absolute atomic E-state index is 11.9. The highest BCUT2D eigenvalue weighted by Crippen LogP contribution is 2.23. The number of nitro groups is 1. The maximum Gasteiger partial charge on any atom is 0.406 e. The molecule has 0 aliphatic carbocycles. The van der Waals surface area contributed by atoms with E-state index in [1.54, 1.807) is 24.3 Å². The fraction of sp³-hybridized carbons (Fsp3) is 0.0769. The van der Waals surface area contributed by atoms with Gasteiger partial charge in [0.05, 0.1) is 5.02 Å². The Labute approximate surface area is 119 Å². The van der Waals surface area contributed by atoms with Crippen molar-refractivity contribution in [2.45, 2.75) is 0 Å². The summed E-state index contributed by atoms with van der Waals surface area (Å²) in [6.45, 7) is -0.351. The van der Waals surface area contributed by atoms with E-state index in [0.717, 1.165) is 0 Å². The van der Waals surface area contributed by atoms with Crippen LogP contribution in [-0.4, -0.2) is 22.3 Å². The zero-order chi connectivity index (χ0) is 14.5. The number of rotatable bonds is 5. The molecule has 0 saturated heterocycles. The van der Waals surface area contributed by atoms with E-state index in [1.807, 2.05) is 0 Å². The van der Waals surface area contributed by atoms with E-state index in [4.69, 9.17) is 16.3 Å². The SMILES string of the molecule is O=C(COc1cccnc1[N+](=O)[O-])c1ccccc1Cl. The third-order valence-electron chi connectivity index (χ3n) is 2.46. The van der Waals surface area contributed by atoms with Crippen LogP contribution >= 0.6 is 11.6 Å². The first-order valence-electron chi connectivity index (χ1n) is 5.59. The molecule has 0 bridgehead atoms. The minimum Gasteiger partial charge on any atom is -0.477 e. The number of benzene rings is 1. The molecule has 0 aliphatic heterocycles. The summed E-state index contributed by atoms with van der Waals surface area (Å²) in [6.07, 6.45) is 1.28. The zero-order valence-electron chi connectivity index (χ0n) is 10.2. The number of halogens is 1. The van der Waals surface area contributed by atoms with Crippen molar-refractivity contribution in [2.24, 2.45) is 0 Å². The van der Waals surface area contributed by atoms with E-state index in [0.29, 0.717) is 10.6 Å². The van der Waals surface area contributed by atoms with Crippen molar-refractivity contribution in [2.75, 3.05) is 6.61 Å². The summed E-state index contributed by atoms with van der Waals surface area (Å²) < 4.78 is 5.16. The molecule has 0 radical (unpaired) electrons. The van der Waals surface area contributed by atoms with Crippen LogP contribution in [0.2, 0.25) is 5.02 Å². The average Bonchev–Trinajstić information content (AvgIpc) is 2.45. The summed E-state index contributed by atoms with van der Waals surface area (Å²) >= 11 is 5.89. The lowest BCUT2D eigenvalue weighted by molar-refractivity contribution is -0.390. The number of aromatic nitrogens is 1. The molecule has 0 saturated carbocycles. The molecule has 102 valence electrons. The van der Waals surface area contributed by atoms with Gasteiger partial charge in [0, 0.05) is 5.56 Å². The number of carbonyl (C=O) groups is 1. The quantitative estimate of drug-likeness (QED) is 0.481. The molecule has 7 heteroatoms. The van der Waals surface area contributed by atoms with Crippen molar-refractivity contribution in [1.82, 2.24) is 4.98 Å². The highest BCUT2D eigenvalue weighted by atomic mass is 35.5. The van der Waals surface area contributed by atoms with E-state index in [-0.39, 0.29) is 18.1 Å². The Bertz CT molecular complexity index is 660. The smallest absolute Gasteiger partial charge is 0.406 e. The molecule has 20 heavy (non-hydrogen) atoms. The summed E-state index contributed by atoms with van der Waals surface area (Å²) in [7, 11) is 0. The number of Topliss-reactive ketones (excluding diaryl/α,β-unsaturated/α-hetero) is 1. The van der Waals surface area contributed by atoms with E-state index < -0.39 is 10.7 Å². The van der Waals surface area contributed by atoms with E-state index in [1.165, 1.54) is 18.3 Å². The van der Waals surface area contributed by atoms with Crippen LogP contribution < -0.4 is 4.74 Å². The van der Waals surface area contributed by atoms with Gasteiger partial charge in [-0.1, -0.05) is 23.7 Å². The summed E-state index contributed by atoms with van der Waals surface area (Å²) in [5.41, 5.74) is 0.306. The van der Waals surface area contributed by atoms with Crippen molar-refractivity contribution in [3.63, 3.8) is 0 Å². The standard InChI is InChI=1S/C13H9ClN2O4/c14-10-5-2-1-4-9(10)11(17)8-20-12-6-3-7-15-13(12)16(18)19/h1-7H,8H2. The van der Waals surface area contributed by atoms with Crippen LogP contribution in [0.15, 0.2) is 42.6 Å². The third kappa shape index (κ3) is 3.10. The highest BCUT2D eigenvalue weighted by Gasteiger charge is 2.17. The van der Waals surface area contributed by atoms with Gasteiger partial charge in [-0.3, -0.25) is 4.79 Å². The fourth-order valence-electron chi connectivity index (χ4n) is 1.54. The Kier molecular flexibility index (Phi) is 4.27. The minimum absolute atomic E-state index is 0.0575. The average molecular weight is 293 g/mol. The van der Waals surface area contributed by atoms with Gasteiger partial charge in [0.2, 0.25) is 11.5 Å². The van der Waals surface area contributed by atoms with Gasteiger partial charge in [-0.25, -0.2) is 0 Å². The number of ketones is 1. The zero-order valence-corrected chi connectivity index (χ0v) is 10.9. The lowest BCUT2D eigenvalue weighted by atomic mass is 10.1. The molecule has 2 aromatic rings. The molecule has 0 fully saturated rings.